The van der Waals surface area contributed by atoms with Crippen molar-refractivity contribution in [2.24, 2.45) is 5.92 Å². The zero-order chi connectivity index (χ0) is 35.2. The van der Waals surface area contributed by atoms with Gasteiger partial charge in [0.2, 0.25) is 17.7 Å². The number of amides is 5. The van der Waals surface area contributed by atoms with E-state index in [1.807, 2.05) is 36.4 Å². The molecule has 3 heterocycles. The van der Waals surface area contributed by atoms with Crippen molar-refractivity contribution in [3.05, 3.63) is 95.8 Å². The number of benzene rings is 2. The van der Waals surface area contributed by atoms with E-state index in [0.717, 1.165) is 24.0 Å². The average molecular weight is 683 g/mol. The van der Waals surface area contributed by atoms with E-state index in [1.54, 1.807) is 41.4 Å². The number of carbonyl (C=O) groups is 5. The number of pyridine rings is 1. The zero-order valence-electron chi connectivity index (χ0n) is 27.9. The maximum absolute atomic E-state index is 14.2. The minimum absolute atomic E-state index is 0.181. The van der Waals surface area contributed by atoms with Crippen molar-refractivity contribution in [2.45, 2.75) is 56.3 Å². The van der Waals surface area contributed by atoms with Crippen molar-refractivity contribution >= 4 is 29.5 Å². The number of nitrogens with one attached hydrogen (secondary N) is 3. The Kier molecular flexibility index (Phi) is 10.7. The Balaban J connectivity index is 1.34. The Morgan fingerprint density at radius 1 is 0.960 bits per heavy atom. The topological polar surface area (TPSA) is 170 Å². The molecule has 0 unspecified atom stereocenters. The summed E-state index contributed by atoms with van der Waals surface area (Å²) >= 11 is 0. The summed E-state index contributed by atoms with van der Waals surface area (Å²) in [5.41, 5.74) is 2.01. The Morgan fingerprint density at radius 3 is 2.48 bits per heavy atom. The number of aliphatic hydroxyl groups excluding tert-OH is 1. The van der Waals surface area contributed by atoms with Crippen molar-refractivity contribution in [3.8, 4) is 5.75 Å². The molecule has 2 fully saturated rings. The second-order valence-electron chi connectivity index (χ2n) is 13.3. The van der Waals surface area contributed by atoms with E-state index in [2.05, 4.69) is 20.9 Å². The van der Waals surface area contributed by atoms with Crippen LogP contribution in [0.15, 0.2) is 79.1 Å². The Morgan fingerprint density at radius 2 is 1.76 bits per heavy atom. The molecule has 13 nitrogen and oxygen atoms in total. The van der Waals surface area contributed by atoms with Crippen LogP contribution in [0.5, 0.6) is 5.75 Å². The molecule has 3 aromatic rings. The van der Waals surface area contributed by atoms with E-state index in [1.165, 1.54) is 18.0 Å². The zero-order valence-corrected chi connectivity index (χ0v) is 27.9. The summed E-state index contributed by atoms with van der Waals surface area (Å²) in [5, 5.41) is 19.1. The van der Waals surface area contributed by atoms with E-state index in [4.69, 9.17) is 4.74 Å². The molecule has 4 N–H and O–H groups in total. The SMILES string of the molecule is C[C@@H](O)[C@@H]1NC(=O)COc2cccc(c2)[C@H]2CN(C(=O)c3cccnc3)C[C@@H]2NC(=O)[C@H](Cc2ccccc2)NC(=O)CN(CC2CC2)C1=O. The fraction of sp³-hybridized carbons (Fsp3) is 0.405. The van der Waals surface area contributed by atoms with Crippen LogP contribution in [0.4, 0.5) is 0 Å². The third-order valence-electron chi connectivity index (χ3n) is 9.32. The van der Waals surface area contributed by atoms with Crippen LogP contribution in [0, 0.1) is 5.92 Å². The monoisotopic (exact) mass is 682 g/mol. The quantitative estimate of drug-likeness (QED) is 0.299. The van der Waals surface area contributed by atoms with E-state index in [0.29, 0.717) is 11.3 Å². The number of hydrogen-bond acceptors (Lipinski definition) is 8. The summed E-state index contributed by atoms with van der Waals surface area (Å²) < 4.78 is 5.82. The molecular formula is C37H42N6O7. The van der Waals surface area contributed by atoms with Crippen LogP contribution in [-0.2, 0) is 25.6 Å². The summed E-state index contributed by atoms with van der Waals surface area (Å²) in [5.74, 6) is -2.21. The predicted molar refractivity (Wildman–Crippen MR) is 182 cm³/mol. The van der Waals surface area contributed by atoms with Gasteiger partial charge < -0.3 is 35.6 Å². The number of fused-ring (bicyclic) bond motifs is 4. The number of likely N-dealkylation sites (tertiary alicyclic amines) is 1. The molecule has 13 heteroatoms. The lowest BCUT2D eigenvalue weighted by Gasteiger charge is -2.30. The molecule has 6 rings (SSSR count). The lowest BCUT2D eigenvalue weighted by molar-refractivity contribution is -0.143. The summed E-state index contributed by atoms with van der Waals surface area (Å²) in [6.45, 7) is 1.36. The van der Waals surface area contributed by atoms with Gasteiger partial charge in [0.15, 0.2) is 6.61 Å². The molecule has 1 saturated heterocycles. The van der Waals surface area contributed by atoms with Crippen molar-refractivity contribution in [3.63, 3.8) is 0 Å². The maximum Gasteiger partial charge on any atom is 0.258 e. The second kappa shape index (κ2) is 15.5. The van der Waals surface area contributed by atoms with Gasteiger partial charge in [0, 0.05) is 44.4 Å². The van der Waals surface area contributed by atoms with Gasteiger partial charge in [-0.3, -0.25) is 29.0 Å². The number of carbonyl (C=O) groups excluding carboxylic acids is 5. The highest BCUT2D eigenvalue weighted by molar-refractivity contribution is 5.95. The molecule has 5 amide bonds. The molecule has 0 radical (unpaired) electrons. The van der Waals surface area contributed by atoms with Crippen LogP contribution in [0.2, 0.25) is 0 Å². The summed E-state index contributed by atoms with van der Waals surface area (Å²) in [4.78, 5) is 75.2. The number of hydrogen-bond donors (Lipinski definition) is 4. The summed E-state index contributed by atoms with van der Waals surface area (Å²) in [6, 6.07) is 16.9. The first-order chi connectivity index (χ1) is 24.1. The lowest BCUT2D eigenvalue weighted by Crippen LogP contribution is -2.58. The summed E-state index contributed by atoms with van der Waals surface area (Å²) in [6.07, 6.45) is 3.81. The molecule has 5 atom stereocenters. The first-order valence-electron chi connectivity index (χ1n) is 17.0. The molecule has 1 saturated carbocycles. The van der Waals surface area contributed by atoms with Crippen LogP contribution in [0.25, 0.3) is 0 Å². The number of rotatable bonds is 6. The molecule has 2 aliphatic heterocycles. The van der Waals surface area contributed by atoms with Gasteiger partial charge in [0.1, 0.15) is 17.8 Å². The van der Waals surface area contributed by atoms with E-state index < -0.39 is 54.5 Å². The van der Waals surface area contributed by atoms with Crippen molar-refractivity contribution in [1.29, 1.82) is 0 Å². The predicted octanol–water partition coefficient (Wildman–Crippen LogP) is 1.03. The van der Waals surface area contributed by atoms with Gasteiger partial charge in [-0.15, -0.1) is 0 Å². The van der Waals surface area contributed by atoms with Gasteiger partial charge in [-0.1, -0.05) is 42.5 Å². The molecule has 1 aromatic heterocycles. The first kappa shape index (κ1) is 34.6. The number of aliphatic hydroxyl groups is 1. The maximum atomic E-state index is 14.2. The highest BCUT2D eigenvalue weighted by Gasteiger charge is 2.40. The van der Waals surface area contributed by atoms with Gasteiger partial charge in [-0.05, 0) is 61.1 Å². The minimum atomic E-state index is -1.31. The highest BCUT2D eigenvalue weighted by Crippen LogP contribution is 2.32. The second-order valence-corrected chi connectivity index (χ2v) is 13.3. The average Bonchev–Trinajstić information content (AvgIpc) is 3.85. The molecule has 0 spiro atoms. The van der Waals surface area contributed by atoms with Gasteiger partial charge in [-0.25, -0.2) is 0 Å². The van der Waals surface area contributed by atoms with Crippen LogP contribution < -0.4 is 20.7 Å². The van der Waals surface area contributed by atoms with Crippen LogP contribution >= 0.6 is 0 Å². The molecular weight excluding hydrogens is 640 g/mol. The number of nitrogens with zero attached hydrogens (tertiary/aromatic N) is 3. The normalized spacial score (nSPS) is 24.1. The molecule has 3 aliphatic rings. The molecule has 262 valence electrons. The van der Waals surface area contributed by atoms with Crippen LogP contribution in [0.3, 0.4) is 0 Å². The van der Waals surface area contributed by atoms with E-state index in [-0.39, 0.29) is 50.3 Å². The van der Waals surface area contributed by atoms with Crippen molar-refractivity contribution in [2.75, 3.05) is 32.8 Å². The van der Waals surface area contributed by atoms with Crippen LogP contribution in [-0.4, -0.2) is 106 Å². The molecule has 50 heavy (non-hydrogen) atoms. The Labute approximate surface area is 290 Å². The Hall–Kier alpha value is -5.30. The Bertz CT molecular complexity index is 1700. The fourth-order valence-electron chi connectivity index (χ4n) is 6.51. The third-order valence-corrected chi connectivity index (χ3v) is 9.32. The lowest BCUT2D eigenvalue weighted by atomic mass is 9.93. The van der Waals surface area contributed by atoms with Gasteiger partial charge >= 0.3 is 0 Å². The molecule has 2 bridgehead atoms. The first-order valence-corrected chi connectivity index (χ1v) is 17.0. The highest BCUT2D eigenvalue weighted by atomic mass is 16.5. The van der Waals surface area contributed by atoms with Crippen molar-refractivity contribution in [1.82, 2.24) is 30.7 Å². The van der Waals surface area contributed by atoms with Gasteiger partial charge in [0.25, 0.3) is 11.8 Å². The van der Waals surface area contributed by atoms with Crippen LogP contribution in [0.1, 0.15) is 47.2 Å². The standard InChI is InChI=1S/C37H42N6O7/c1-23(44)34-37(49)42(18-25-12-13-25)21-32(45)39-30(15-24-7-3-2-4-8-24)35(47)40-31-20-43(36(48)27-10-6-14-38-17-27)19-29(31)26-9-5-11-28(16-26)50-22-33(46)41-34/h2-11,14,16-17,23,25,29-31,34,44H,12-13,15,18-22H2,1H3,(H,39,45)(H,40,47)(H,41,46)/t23-,29-,30+,31+,34+/m1/s1. The fourth-order valence-corrected chi connectivity index (χ4v) is 6.51. The molecule has 2 aromatic carbocycles. The van der Waals surface area contributed by atoms with Gasteiger partial charge in [0.05, 0.1) is 24.3 Å². The molecule has 1 aliphatic carbocycles. The smallest absolute Gasteiger partial charge is 0.258 e. The number of aromatic nitrogens is 1. The van der Waals surface area contributed by atoms with E-state index >= 15 is 0 Å². The van der Waals surface area contributed by atoms with Gasteiger partial charge in [-0.2, -0.15) is 0 Å². The summed E-state index contributed by atoms with van der Waals surface area (Å²) in [7, 11) is 0. The van der Waals surface area contributed by atoms with E-state index in [9.17, 15) is 29.1 Å². The third kappa shape index (κ3) is 8.64. The largest absolute Gasteiger partial charge is 0.484 e. The number of ether oxygens (including phenoxy) is 1. The minimum Gasteiger partial charge on any atom is -0.484 e. The van der Waals surface area contributed by atoms with Crippen molar-refractivity contribution < 1.29 is 33.8 Å².